The van der Waals surface area contributed by atoms with Crippen LogP contribution in [0.3, 0.4) is 0 Å². The van der Waals surface area contributed by atoms with Crippen molar-refractivity contribution in [2.24, 2.45) is 0 Å². The van der Waals surface area contributed by atoms with Crippen molar-refractivity contribution in [1.29, 1.82) is 0 Å². The van der Waals surface area contributed by atoms with Gasteiger partial charge in [-0.05, 0) is 37.1 Å². The number of hydrogen-bond acceptors (Lipinski definition) is 4. The molecule has 1 amide bonds. The van der Waals surface area contributed by atoms with Crippen LogP contribution in [0.25, 0.3) is 5.82 Å². The molecule has 6 heteroatoms. The highest BCUT2D eigenvalue weighted by atomic mass is 16.5. The lowest BCUT2D eigenvalue weighted by atomic mass is 10.2. The van der Waals surface area contributed by atoms with Gasteiger partial charge in [0.05, 0.1) is 6.04 Å². The van der Waals surface area contributed by atoms with Crippen molar-refractivity contribution < 1.29 is 9.53 Å². The predicted molar refractivity (Wildman–Crippen MR) is 97.4 cm³/mol. The summed E-state index contributed by atoms with van der Waals surface area (Å²) in [6, 6.07) is 15.2. The number of likely N-dealkylation sites (tertiary alicyclic amines) is 1. The average molecular weight is 348 g/mol. The summed E-state index contributed by atoms with van der Waals surface area (Å²) in [5.74, 6) is 1.46. The highest BCUT2D eigenvalue weighted by Gasteiger charge is 2.30. The largest absolute Gasteiger partial charge is 0.491 e. The number of rotatable bonds is 5. The van der Waals surface area contributed by atoms with E-state index >= 15 is 0 Å². The minimum Gasteiger partial charge on any atom is -0.491 e. The van der Waals surface area contributed by atoms with Gasteiger partial charge in [0.2, 0.25) is 0 Å². The number of benzene rings is 1. The minimum absolute atomic E-state index is 0.0499. The summed E-state index contributed by atoms with van der Waals surface area (Å²) in [5.41, 5.74) is 0.447. The third kappa shape index (κ3) is 3.44. The fourth-order valence-electron chi connectivity index (χ4n) is 3.21. The van der Waals surface area contributed by atoms with E-state index in [1.165, 1.54) is 0 Å². The van der Waals surface area contributed by atoms with E-state index in [-0.39, 0.29) is 11.9 Å². The van der Waals surface area contributed by atoms with Gasteiger partial charge in [0.15, 0.2) is 0 Å². The van der Waals surface area contributed by atoms with E-state index in [9.17, 15) is 4.79 Å². The zero-order chi connectivity index (χ0) is 17.8. The number of nitrogens with zero attached hydrogens (tertiary/aromatic N) is 4. The monoisotopic (exact) mass is 348 g/mol. The zero-order valence-corrected chi connectivity index (χ0v) is 14.4. The molecule has 1 aromatic carbocycles. The van der Waals surface area contributed by atoms with Gasteiger partial charge >= 0.3 is 0 Å². The van der Waals surface area contributed by atoms with Crippen LogP contribution in [-0.4, -0.2) is 44.5 Å². The summed E-state index contributed by atoms with van der Waals surface area (Å²) in [6.45, 7) is 1.23. The second-order valence-electron chi connectivity index (χ2n) is 6.27. The van der Waals surface area contributed by atoms with Crippen LogP contribution < -0.4 is 4.74 Å². The number of para-hydroxylation sites is 1. The normalized spacial score (nSPS) is 16.6. The smallest absolute Gasteiger partial charge is 0.272 e. The molecule has 6 nitrogen and oxygen atoms in total. The summed E-state index contributed by atoms with van der Waals surface area (Å²) in [7, 11) is 0. The second-order valence-corrected chi connectivity index (χ2v) is 6.27. The van der Waals surface area contributed by atoms with Crippen molar-refractivity contribution in [3.05, 3.63) is 72.9 Å². The summed E-state index contributed by atoms with van der Waals surface area (Å²) in [5, 5.41) is 0. The first-order valence-electron chi connectivity index (χ1n) is 8.75. The van der Waals surface area contributed by atoms with Crippen molar-refractivity contribution in [3.8, 4) is 11.6 Å². The van der Waals surface area contributed by atoms with Crippen molar-refractivity contribution in [1.82, 2.24) is 19.4 Å². The zero-order valence-electron chi connectivity index (χ0n) is 14.4. The van der Waals surface area contributed by atoms with E-state index in [1.807, 2.05) is 53.6 Å². The summed E-state index contributed by atoms with van der Waals surface area (Å²) >= 11 is 0. The predicted octanol–water partition coefficient (Wildman–Crippen LogP) is 2.95. The minimum atomic E-state index is -0.0499. The highest BCUT2D eigenvalue weighted by Crippen LogP contribution is 2.21. The number of carbonyl (C=O) groups excluding carboxylic acids is 1. The average Bonchev–Trinajstić information content (AvgIpc) is 3.39. The van der Waals surface area contributed by atoms with E-state index in [4.69, 9.17) is 4.74 Å². The Labute approximate surface area is 152 Å². The topological polar surface area (TPSA) is 60.2 Å². The van der Waals surface area contributed by atoms with Crippen LogP contribution in [0, 0.1) is 0 Å². The van der Waals surface area contributed by atoms with Crippen LogP contribution in [0.1, 0.15) is 23.3 Å². The van der Waals surface area contributed by atoms with Crippen molar-refractivity contribution >= 4 is 5.91 Å². The number of imidazole rings is 1. The number of carbonyl (C=O) groups is 1. The molecule has 3 aromatic rings. The van der Waals surface area contributed by atoms with E-state index < -0.39 is 0 Å². The Balaban J connectivity index is 1.47. The van der Waals surface area contributed by atoms with Gasteiger partial charge in [-0.15, -0.1) is 0 Å². The molecule has 1 fully saturated rings. The molecular formula is C20H20N4O2. The Bertz CT molecular complexity index is 865. The third-order valence-electron chi connectivity index (χ3n) is 4.55. The standard InChI is InChI=1S/C20H20N4O2/c25-20(18-9-4-10-19(22-18)23-13-11-21-15-23)24-12-5-6-16(24)14-26-17-7-2-1-3-8-17/h1-4,7-11,13,15-16H,5-6,12,14H2/t16-/m1/s1. The fraction of sp³-hybridized carbons (Fsp3) is 0.250. The van der Waals surface area contributed by atoms with Gasteiger partial charge in [-0.3, -0.25) is 9.36 Å². The Morgan fingerprint density at radius 2 is 2.04 bits per heavy atom. The van der Waals surface area contributed by atoms with Crippen molar-refractivity contribution in [2.75, 3.05) is 13.2 Å². The maximum Gasteiger partial charge on any atom is 0.272 e. The number of hydrogen-bond donors (Lipinski definition) is 0. The molecule has 0 spiro atoms. The Hall–Kier alpha value is -3.15. The lowest BCUT2D eigenvalue weighted by molar-refractivity contribution is 0.0685. The molecule has 0 unspecified atom stereocenters. The van der Waals surface area contributed by atoms with Gasteiger partial charge in [0, 0.05) is 18.9 Å². The molecule has 0 N–H and O–H groups in total. The van der Waals surface area contributed by atoms with Crippen LogP contribution in [0.5, 0.6) is 5.75 Å². The lowest BCUT2D eigenvalue weighted by Crippen LogP contribution is -2.39. The Morgan fingerprint density at radius 3 is 2.85 bits per heavy atom. The van der Waals surface area contributed by atoms with Crippen LogP contribution in [0.2, 0.25) is 0 Å². The molecule has 1 aliphatic heterocycles. The lowest BCUT2D eigenvalue weighted by Gasteiger charge is -2.24. The second kappa shape index (κ2) is 7.39. The quantitative estimate of drug-likeness (QED) is 0.711. The molecule has 26 heavy (non-hydrogen) atoms. The van der Waals surface area contributed by atoms with Gasteiger partial charge < -0.3 is 9.64 Å². The van der Waals surface area contributed by atoms with Crippen LogP contribution in [-0.2, 0) is 0 Å². The molecule has 0 radical (unpaired) electrons. The molecule has 2 aromatic heterocycles. The molecule has 0 saturated carbocycles. The first kappa shape index (κ1) is 16.3. The molecule has 4 rings (SSSR count). The third-order valence-corrected chi connectivity index (χ3v) is 4.55. The number of ether oxygens (including phenoxy) is 1. The molecule has 0 bridgehead atoms. The molecule has 1 atom stereocenters. The molecule has 3 heterocycles. The van der Waals surface area contributed by atoms with Crippen LogP contribution in [0.4, 0.5) is 0 Å². The van der Waals surface area contributed by atoms with Crippen LogP contribution in [0.15, 0.2) is 67.3 Å². The maximum absolute atomic E-state index is 13.0. The molecule has 132 valence electrons. The van der Waals surface area contributed by atoms with Gasteiger partial charge in [0.1, 0.15) is 30.2 Å². The SMILES string of the molecule is O=C(c1cccc(-n2ccnc2)n1)N1CCC[C@@H]1COc1ccccc1. The molecular weight excluding hydrogens is 328 g/mol. The highest BCUT2D eigenvalue weighted by molar-refractivity contribution is 5.93. The summed E-state index contributed by atoms with van der Waals surface area (Å²) in [6.07, 6.45) is 7.09. The van der Waals surface area contributed by atoms with Crippen molar-refractivity contribution in [2.45, 2.75) is 18.9 Å². The van der Waals surface area contributed by atoms with Gasteiger partial charge in [0.25, 0.3) is 5.91 Å². The molecule has 1 saturated heterocycles. The summed E-state index contributed by atoms with van der Waals surface area (Å²) < 4.78 is 7.65. The van der Waals surface area contributed by atoms with E-state index in [1.54, 1.807) is 23.2 Å². The van der Waals surface area contributed by atoms with Gasteiger partial charge in [-0.1, -0.05) is 24.3 Å². The van der Waals surface area contributed by atoms with Crippen molar-refractivity contribution in [3.63, 3.8) is 0 Å². The van der Waals surface area contributed by atoms with Gasteiger partial charge in [-0.2, -0.15) is 0 Å². The molecule has 1 aliphatic rings. The van der Waals surface area contributed by atoms with E-state index in [2.05, 4.69) is 9.97 Å². The number of aromatic nitrogens is 3. The van der Waals surface area contributed by atoms with Gasteiger partial charge in [-0.25, -0.2) is 9.97 Å². The number of amides is 1. The summed E-state index contributed by atoms with van der Waals surface area (Å²) in [4.78, 5) is 23.4. The van der Waals surface area contributed by atoms with E-state index in [0.29, 0.717) is 18.1 Å². The fourth-order valence-corrected chi connectivity index (χ4v) is 3.21. The first-order valence-corrected chi connectivity index (χ1v) is 8.75. The molecule has 0 aliphatic carbocycles. The Kier molecular flexibility index (Phi) is 4.64. The number of pyridine rings is 1. The maximum atomic E-state index is 13.0. The Morgan fingerprint density at radius 1 is 1.15 bits per heavy atom. The first-order chi connectivity index (χ1) is 12.8. The van der Waals surface area contributed by atoms with E-state index in [0.717, 1.165) is 25.1 Å². The van der Waals surface area contributed by atoms with Crippen LogP contribution >= 0.6 is 0 Å².